The first-order valence-electron chi connectivity index (χ1n) is 6.09. The molecule has 8 heteroatoms. The first-order chi connectivity index (χ1) is 9.22. The molecular formula is C11H13N5O3. The summed E-state index contributed by atoms with van der Waals surface area (Å²) in [5, 5.41) is 21.6. The number of anilines is 1. The van der Waals surface area contributed by atoms with Crippen LogP contribution in [0.3, 0.4) is 0 Å². The minimum Gasteiger partial charge on any atom is -0.364 e. The Labute approximate surface area is 108 Å². The molecule has 0 spiro atoms. The van der Waals surface area contributed by atoms with Crippen molar-refractivity contribution < 1.29 is 9.55 Å². The zero-order valence-electron chi connectivity index (χ0n) is 10.4. The Bertz CT molecular complexity index is 622. The molecule has 1 N–H and O–H groups in total. The zero-order valence-corrected chi connectivity index (χ0v) is 10.4. The quantitative estimate of drug-likeness (QED) is 0.647. The molecule has 0 aliphatic carbocycles. The highest BCUT2D eigenvalue weighted by molar-refractivity contribution is 5.94. The molecule has 1 saturated heterocycles. The lowest BCUT2D eigenvalue weighted by molar-refractivity contribution is -0.383. The minimum atomic E-state index is -0.475. The number of nitrogens with zero attached hydrogens (tertiary/aromatic N) is 4. The molecule has 100 valence electrons. The summed E-state index contributed by atoms with van der Waals surface area (Å²) in [4.78, 5) is 12.6. The van der Waals surface area contributed by atoms with Crippen molar-refractivity contribution >= 4 is 22.4 Å². The lowest BCUT2D eigenvalue weighted by Crippen LogP contribution is -2.57. The van der Waals surface area contributed by atoms with E-state index >= 15 is 0 Å². The van der Waals surface area contributed by atoms with Crippen molar-refractivity contribution in [1.82, 2.24) is 15.6 Å². The van der Waals surface area contributed by atoms with Gasteiger partial charge in [0.2, 0.25) is 5.52 Å². The second-order valence-corrected chi connectivity index (χ2v) is 4.42. The number of aromatic nitrogens is 2. The highest BCUT2D eigenvalue weighted by Gasteiger charge is 2.28. The highest BCUT2D eigenvalue weighted by atomic mass is 16.6. The van der Waals surface area contributed by atoms with Crippen LogP contribution in [0.15, 0.2) is 16.8 Å². The molecule has 3 rings (SSSR count). The predicted molar refractivity (Wildman–Crippen MR) is 68.1 cm³/mol. The molecule has 1 aromatic carbocycles. The molecule has 1 fully saturated rings. The Kier molecular flexibility index (Phi) is 2.79. The molecule has 0 bridgehead atoms. The minimum absolute atomic E-state index is 0.0808. The van der Waals surface area contributed by atoms with Crippen LogP contribution < -0.4 is 10.2 Å². The third-order valence-electron chi connectivity index (χ3n) is 3.42. The number of non-ortho nitro benzene ring substituents is 1. The van der Waals surface area contributed by atoms with E-state index in [4.69, 9.17) is 0 Å². The van der Waals surface area contributed by atoms with Gasteiger partial charge in [0.15, 0.2) is 5.52 Å². The molecular weight excluding hydrogens is 250 g/mol. The first kappa shape index (κ1) is 11.8. The number of nitro benzene ring substituents is 1. The van der Waals surface area contributed by atoms with Gasteiger partial charge in [-0.1, -0.05) is 0 Å². The van der Waals surface area contributed by atoms with E-state index in [9.17, 15) is 10.1 Å². The van der Waals surface area contributed by atoms with Crippen LogP contribution in [0.2, 0.25) is 0 Å². The molecule has 2 aromatic rings. The van der Waals surface area contributed by atoms with Crippen LogP contribution in [0.4, 0.5) is 11.4 Å². The molecule has 1 aliphatic heterocycles. The van der Waals surface area contributed by atoms with Crippen LogP contribution in [0.5, 0.6) is 0 Å². The fourth-order valence-corrected chi connectivity index (χ4v) is 2.34. The van der Waals surface area contributed by atoms with E-state index in [1.54, 1.807) is 6.07 Å². The van der Waals surface area contributed by atoms with E-state index < -0.39 is 4.92 Å². The Morgan fingerprint density at radius 2 is 2.21 bits per heavy atom. The van der Waals surface area contributed by atoms with Crippen LogP contribution in [0, 0.1) is 10.1 Å². The average Bonchev–Trinajstić information content (AvgIpc) is 2.81. The number of nitrogens with one attached hydrogen (secondary N) is 1. The van der Waals surface area contributed by atoms with E-state index in [0.717, 1.165) is 25.3 Å². The highest BCUT2D eigenvalue weighted by Crippen LogP contribution is 2.32. The van der Waals surface area contributed by atoms with Crippen molar-refractivity contribution in [2.75, 3.05) is 24.5 Å². The number of nitro groups is 1. The molecule has 19 heavy (non-hydrogen) atoms. The number of hydrogen-bond acceptors (Lipinski definition) is 7. The summed E-state index contributed by atoms with van der Waals surface area (Å²) in [5.74, 6) is 0. The van der Waals surface area contributed by atoms with E-state index in [0.29, 0.717) is 11.6 Å². The second kappa shape index (κ2) is 4.47. The number of likely N-dealkylation sites (N-methyl/N-ethyl adjacent to an activating group) is 1. The maximum atomic E-state index is 10.9. The molecule has 2 heterocycles. The Balaban J connectivity index is 2.11. The number of benzene rings is 1. The van der Waals surface area contributed by atoms with Gasteiger partial charge < -0.3 is 10.2 Å². The SMILES string of the molecule is CCN(c1ccc([N+](=O)[O-])c2nonc12)C1CNC1. The van der Waals surface area contributed by atoms with E-state index in [1.807, 2.05) is 6.92 Å². The smallest absolute Gasteiger partial charge is 0.300 e. The topological polar surface area (TPSA) is 97.3 Å². The first-order valence-corrected chi connectivity index (χ1v) is 6.09. The Hall–Kier alpha value is -2.22. The monoisotopic (exact) mass is 263 g/mol. The normalized spacial score (nSPS) is 15.4. The summed E-state index contributed by atoms with van der Waals surface area (Å²) in [6.07, 6.45) is 0. The van der Waals surface area contributed by atoms with Gasteiger partial charge >= 0.3 is 5.69 Å². The van der Waals surface area contributed by atoms with Crippen molar-refractivity contribution in [1.29, 1.82) is 0 Å². The molecule has 1 aromatic heterocycles. The van der Waals surface area contributed by atoms with Gasteiger partial charge in [-0.2, -0.15) is 0 Å². The summed E-state index contributed by atoms with van der Waals surface area (Å²) >= 11 is 0. The molecule has 8 nitrogen and oxygen atoms in total. The summed E-state index contributed by atoms with van der Waals surface area (Å²) in [7, 11) is 0. The largest absolute Gasteiger partial charge is 0.364 e. The fourth-order valence-electron chi connectivity index (χ4n) is 2.34. The predicted octanol–water partition coefficient (Wildman–Crippen LogP) is 0.929. The average molecular weight is 263 g/mol. The molecule has 0 unspecified atom stereocenters. The third kappa shape index (κ3) is 1.80. The van der Waals surface area contributed by atoms with Gasteiger partial charge in [0.05, 0.1) is 16.7 Å². The molecule has 0 atom stereocenters. The summed E-state index contributed by atoms with van der Waals surface area (Å²) in [6.45, 7) is 4.64. The van der Waals surface area contributed by atoms with Crippen molar-refractivity contribution in [2.24, 2.45) is 0 Å². The summed E-state index contributed by atoms with van der Waals surface area (Å²) < 4.78 is 4.68. The lowest BCUT2D eigenvalue weighted by atomic mass is 10.1. The van der Waals surface area contributed by atoms with Crippen molar-refractivity contribution in [3.63, 3.8) is 0 Å². The van der Waals surface area contributed by atoms with Gasteiger partial charge in [-0.25, -0.2) is 4.63 Å². The second-order valence-electron chi connectivity index (χ2n) is 4.42. The number of rotatable bonds is 4. The van der Waals surface area contributed by atoms with Gasteiger partial charge in [-0.15, -0.1) is 0 Å². The zero-order chi connectivity index (χ0) is 13.4. The van der Waals surface area contributed by atoms with Crippen LogP contribution in [-0.2, 0) is 0 Å². The van der Waals surface area contributed by atoms with E-state index in [1.165, 1.54) is 6.07 Å². The molecule has 1 aliphatic rings. The van der Waals surface area contributed by atoms with Crippen LogP contribution in [0.25, 0.3) is 11.0 Å². The van der Waals surface area contributed by atoms with E-state index in [-0.39, 0.29) is 11.2 Å². The maximum absolute atomic E-state index is 10.9. The molecule has 0 amide bonds. The van der Waals surface area contributed by atoms with Crippen molar-refractivity contribution in [3.8, 4) is 0 Å². The van der Waals surface area contributed by atoms with Gasteiger partial charge in [0.1, 0.15) is 0 Å². The fraction of sp³-hybridized carbons (Fsp3) is 0.455. The van der Waals surface area contributed by atoms with Crippen LogP contribution >= 0.6 is 0 Å². The van der Waals surface area contributed by atoms with Gasteiger partial charge in [-0.3, -0.25) is 10.1 Å². The van der Waals surface area contributed by atoms with Crippen molar-refractivity contribution in [2.45, 2.75) is 13.0 Å². The van der Waals surface area contributed by atoms with Crippen LogP contribution in [0.1, 0.15) is 6.92 Å². The van der Waals surface area contributed by atoms with Crippen LogP contribution in [-0.4, -0.2) is 40.9 Å². The number of hydrogen-bond donors (Lipinski definition) is 1. The maximum Gasteiger partial charge on any atom is 0.300 e. The van der Waals surface area contributed by atoms with Gasteiger partial charge in [0.25, 0.3) is 0 Å². The summed E-state index contributed by atoms with van der Waals surface area (Å²) in [5.41, 5.74) is 1.40. The Morgan fingerprint density at radius 1 is 1.47 bits per heavy atom. The standard InChI is InChI=1S/C11H13N5O3/c1-2-15(7-5-12-6-7)8-3-4-9(16(17)18)11-10(8)13-19-14-11/h3-4,7,12H,2,5-6H2,1H3. The van der Waals surface area contributed by atoms with E-state index in [2.05, 4.69) is 25.2 Å². The lowest BCUT2D eigenvalue weighted by Gasteiger charge is -2.39. The Morgan fingerprint density at radius 3 is 2.79 bits per heavy atom. The van der Waals surface area contributed by atoms with Crippen molar-refractivity contribution in [3.05, 3.63) is 22.2 Å². The summed E-state index contributed by atoms with van der Waals surface area (Å²) in [6, 6.07) is 3.55. The van der Waals surface area contributed by atoms with Gasteiger partial charge in [-0.05, 0) is 23.3 Å². The molecule has 0 radical (unpaired) electrons. The number of fused-ring (bicyclic) bond motifs is 1. The third-order valence-corrected chi connectivity index (χ3v) is 3.42. The van der Waals surface area contributed by atoms with Gasteiger partial charge in [0, 0.05) is 25.7 Å². The molecule has 0 saturated carbocycles.